The average molecular weight is 215 g/mol. The third kappa shape index (κ3) is 8.64. The molecule has 0 rings (SSSR count). The van der Waals surface area contributed by atoms with Crippen LogP contribution in [0.2, 0.25) is 0 Å². The molecular weight excluding hydrogens is 190 g/mol. The molecule has 0 radical (unpaired) electrons. The minimum absolute atomic E-state index is 0.364. The quantitative estimate of drug-likeness (QED) is 0.681. The Kier molecular flexibility index (Phi) is 6.54. The first-order valence-corrected chi connectivity index (χ1v) is 6.35. The topological polar surface area (TPSA) is 12.0 Å². The Morgan fingerprint density at radius 2 is 2.00 bits per heavy atom. The van der Waals surface area contributed by atoms with Crippen molar-refractivity contribution in [3.8, 4) is 0 Å². The summed E-state index contributed by atoms with van der Waals surface area (Å²) in [6.07, 6.45) is 1.09. The smallest absolute Gasteiger partial charge is 0.0195 e. The Morgan fingerprint density at radius 1 is 1.43 bits per heavy atom. The Bertz CT molecular complexity index is 170. The molecule has 84 valence electrons. The van der Waals surface area contributed by atoms with E-state index in [4.69, 9.17) is 0 Å². The van der Waals surface area contributed by atoms with Crippen LogP contribution in [0.1, 0.15) is 41.0 Å². The van der Waals surface area contributed by atoms with E-state index in [1.807, 2.05) is 11.8 Å². The van der Waals surface area contributed by atoms with E-state index in [0.29, 0.717) is 10.8 Å². The molecule has 1 N–H and O–H groups in total. The van der Waals surface area contributed by atoms with Gasteiger partial charge < -0.3 is 5.32 Å². The first-order valence-electron chi connectivity index (χ1n) is 5.37. The van der Waals surface area contributed by atoms with Crippen molar-refractivity contribution in [1.29, 1.82) is 0 Å². The molecule has 14 heavy (non-hydrogen) atoms. The van der Waals surface area contributed by atoms with Crippen molar-refractivity contribution in [1.82, 2.24) is 5.32 Å². The summed E-state index contributed by atoms with van der Waals surface area (Å²) in [5.74, 6) is 1.17. The highest BCUT2D eigenvalue weighted by Gasteiger charge is 2.14. The van der Waals surface area contributed by atoms with Crippen LogP contribution in [0.5, 0.6) is 0 Å². The second kappa shape index (κ2) is 6.52. The maximum Gasteiger partial charge on any atom is 0.0195 e. The van der Waals surface area contributed by atoms with Crippen LogP contribution in [0.4, 0.5) is 0 Å². The van der Waals surface area contributed by atoms with Crippen LogP contribution >= 0.6 is 11.8 Å². The number of hydrogen-bond donors (Lipinski definition) is 1. The summed E-state index contributed by atoms with van der Waals surface area (Å²) >= 11 is 2.02. The molecule has 0 heterocycles. The summed E-state index contributed by atoms with van der Waals surface area (Å²) in [5.41, 5.74) is 1.27. The molecule has 1 unspecified atom stereocenters. The fourth-order valence-electron chi connectivity index (χ4n) is 1.25. The summed E-state index contributed by atoms with van der Waals surface area (Å²) in [4.78, 5) is 0. The van der Waals surface area contributed by atoms with E-state index in [-0.39, 0.29) is 0 Å². The van der Waals surface area contributed by atoms with Gasteiger partial charge >= 0.3 is 0 Å². The summed E-state index contributed by atoms with van der Waals surface area (Å²) in [7, 11) is 0. The molecule has 0 aromatic rings. The SMILES string of the molecule is C=C(C)CC(CSC(C)(C)C)NCC. The first-order chi connectivity index (χ1) is 6.35. The molecular formula is C12H25NS. The van der Waals surface area contributed by atoms with Crippen molar-refractivity contribution in [3.63, 3.8) is 0 Å². The van der Waals surface area contributed by atoms with Gasteiger partial charge in [-0.2, -0.15) is 11.8 Å². The molecule has 0 aromatic carbocycles. The molecule has 1 atom stereocenters. The molecule has 0 bridgehead atoms. The Labute approximate surface area is 93.7 Å². The molecule has 2 heteroatoms. The Balaban J connectivity index is 3.90. The van der Waals surface area contributed by atoms with Gasteiger partial charge in [0.15, 0.2) is 0 Å². The highest BCUT2D eigenvalue weighted by molar-refractivity contribution is 8.00. The molecule has 0 aromatic heterocycles. The third-order valence-corrected chi connectivity index (χ3v) is 3.24. The van der Waals surface area contributed by atoms with Crippen LogP contribution in [-0.2, 0) is 0 Å². The first kappa shape index (κ1) is 14.1. The Morgan fingerprint density at radius 3 is 2.36 bits per heavy atom. The van der Waals surface area contributed by atoms with E-state index in [2.05, 4.69) is 46.5 Å². The van der Waals surface area contributed by atoms with Crippen LogP contribution in [-0.4, -0.2) is 23.1 Å². The largest absolute Gasteiger partial charge is 0.313 e. The van der Waals surface area contributed by atoms with Crippen molar-refractivity contribution >= 4 is 11.8 Å². The minimum atomic E-state index is 0.364. The molecule has 0 spiro atoms. The van der Waals surface area contributed by atoms with Gasteiger partial charge in [-0.1, -0.05) is 33.3 Å². The molecule has 0 aliphatic carbocycles. The fraction of sp³-hybridized carbons (Fsp3) is 0.833. The van der Waals surface area contributed by atoms with Gasteiger partial charge in [0, 0.05) is 16.5 Å². The highest BCUT2D eigenvalue weighted by Crippen LogP contribution is 2.24. The summed E-state index contributed by atoms with van der Waals surface area (Å²) in [6.45, 7) is 16.1. The lowest BCUT2D eigenvalue weighted by Gasteiger charge is -2.23. The van der Waals surface area contributed by atoms with E-state index < -0.39 is 0 Å². The standard InChI is InChI=1S/C12H25NS/c1-7-13-11(8-10(2)3)9-14-12(4,5)6/h11,13H,2,7-9H2,1,3-6H3. The van der Waals surface area contributed by atoms with Gasteiger partial charge in [-0.25, -0.2) is 0 Å². The summed E-state index contributed by atoms with van der Waals surface area (Å²) < 4.78 is 0.364. The molecule has 1 nitrogen and oxygen atoms in total. The normalized spacial score (nSPS) is 14.1. The van der Waals surface area contributed by atoms with Crippen molar-refractivity contribution in [2.24, 2.45) is 0 Å². The second-order valence-corrected chi connectivity index (χ2v) is 6.69. The maximum atomic E-state index is 3.97. The van der Waals surface area contributed by atoms with E-state index in [0.717, 1.165) is 13.0 Å². The number of hydrogen-bond acceptors (Lipinski definition) is 2. The van der Waals surface area contributed by atoms with Crippen molar-refractivity contribution in [2.45, 2.75) is 51.8 Å². The van der Waals surface area contributed by atoms with Gasteiger partial charge in [0.1, 0.15) is 0 Å². The van der Waals surface area contributed by atoms with Crippen LogP contribution in [0.15, 0.2) is 12.2 Å². The predicted molar refractivity (Wildman–Crippen MR) is 69.1 cm³/mol. The lowest BCUT2D eigenvalue weighted by atomic mass is 10.1. The molecule has 0 fully saturated rings. The van der Waals surface area contributed by atoms with E-state index in [1.54, 1.807) is 0 Å². The van der Waals surface area contributed by atoms with Crippen LogP contribution < -0.4 is 5.32 Å². The van der Waals surface area contributed by atoms with Crippen LogP contribution in [0, 0.1) is 0 Å². The molecule has 0 amide bonds. The zero-order valence-electron chi connectivity index (χ0n) is 10.3. The molecule has 0 saturated heterocycles. The molecule has 0 saturated carbocycles. The van der Waals surface area contributed by atoms with Crippen molar-refractivity contribution in [3.05, 3.63) is 12.2 Å². The number of nitrogens with one attached hydrogen (secondary N) is 1. The van der Waals surface area contributed by atoms with Gasteiger partial charge in [0.2, 0.25) is 0 Å². The van der Waals surface area contributed by atoms with Gasteiger partial charge in [-0.05, 0) is 19.9 Å². The fourth-order valence-corrected chi connectivity index (χ4v) is 2.19. The van der Waals surface area contributed by atoms with Crippen molar-refractivity contribution in [2.75, 3.05) is 12.3 Å². The zero-order valence-corrected chi connectivity index (χ0v) is 11.1. The van der Waals surface area contributed by atoms with Gasteiger partial charge in [-0.15, -0.1) is 6.58 Å². The molecule has 0 aliphatic rings. The lowest BCUT2D eigenvalue weighted by molar-refractivity contribution is 0.569. The molecule has 0 aliphatic heterocycles. The van der Waals surface area contributed by atoms with Gasteiger partial charge in [0.25, 0.3) is 0 Å². The predicted octanol–water partition coefficient (Wildman–Crippen LogP) is 3.46. The van der Waals surface area contributed by atoms with E-state index >= 15 is 0 Å². The van der Waals surface area contributed by atoms with E-state index in [9.17, 15) is 0 Å². The van der Waals surface area contributed by atoms with Gasteiger partial charge in [0.05, 0.1) is 0 Å². The minimum Gasteiger partial charge on any atom is -0.313 e. The van der Waals surface area contributed by atoms with E-state index in [1.165, 1.54) is 11.3 Å². The zero-order chi connectivity index (χ0) is 11.2. The highest BCUT2D eigenvalue weighted by atomic mass is 32.2. The second-order valence-electron chi connectivity index (χ2n) is 4.84. The summed E-state index contributed by atoms with van der Waals surface area (Å²) in [6, 6.07) is 0.585. The van der Waals surface area contributed by atoms with Crippen LogP contribution in [0.3, 0.4) is 0 Å². The lowest BCUT2D eigenvalue weighted by Crippen LogP contribution is -2.32. The Hall–Kier alpha value is 0.0500. The van der Waals surface area contributed by atoms with Crippen molar-refractivity contribution < 1.29 is 0 Å². The average Bonchev–Trinajstić information content (AvgIpc) is 1.98. The third-order valence-electron chi connectivity index (χ3n) is 1.81. The number of thioether (sulfide) groups is 1. The monoisotopic (exact) mass is 215 g/mol. The maximum absolute atomic E-state index is 3.97. The van der Waals surface area contributed by atoms with Crippen LogP contribution in [0.25, 0.3) is 0 Å². The number of rotatable bonds is 6. The summed E-state index contributed by atoms with van der Waals surface area (Å²) in [5, 5.41) is 3.50. The van der Waals surface area contributed by atoms with Gasteiger partial charge in [-0.3, -0.25) is 0 Å².